The summed E-state index contributed by atoms with van der Waals surface area (Å²) in [6, 6.07) is 10.7. The van der Waals surface area contributed by atoms with Gasteiger partial charge in [0.05, 0.1) is 13.1 Å². The SMILES string of the molecule is NC1=C(C=NCc2ccc(F)cc2F)CN(c2cccc(C=O)c2)C1. The molecule has 0 amide bonds. The molecule has 2 aromatic rings. The smallest absolute Gasteiger partial charge is 0.150 e. The Morgan fingerprint density at radius 3 is 2.76 bits per heavy atom. The summed E-state index contributed by atoms with van der Waals surface area (Å²) in [6.45, 7) is 1.21. The normalized spacial score (nSPS) is 14.6. The van der Waals surface area contributed by atoms with Crippen molar-refractivity contribution in [2.45, 2.75) is 6.54 Å². The van der Waals surface area contributed by atoms with Crippen LogP contribution in [0.5, 0.6) is 0 Å². The average molecular weight is 341 g/mol. The largest absolute Gasteiger partial charge is 0.400 e. The van der Waals surface area contributed by atoms with E-state index in [0.29, 0.717) is 29.9 Å². The molecule has 4 nitrogen and oxygen atoms in total. The van der Waals surface area contributed by atoms with E-state index < -0.39 is 11.6 Å². The first-order valence-corrected chi connectivity index (χ1v) is 7.78. The second-order valence-corrected chi connectivity index (χ2v) is 5.82. The molecular formula is C19H17F2N3O. The Balaban J connectivity index is 1.66. The highest BCUT2D eigenvalue weighted by molar-refractivity contribution is 5.84. The number of benzene rings is 2. The van der Waals surface area contributed by atoms with Gasteiger partial charge in [-0.25, -0.2) is 8.78 Å². The van der Waals surface area contributed by atoms with Gasteiger partial charge < -0.3 is 10.6 Å². The minimum Gasteiger partial charge on any atom is -0.400 e. The molecule has 0 unspecified atom stereocenters. The standard InChI is InChI=1S/C19H17F2N3O/c20-16-5-4-14(18(21)7-16)8-23-9-15-10-24(11-19(15)22)17-3-1-2-13(6-17)12-25/h1-7,9,12H,8,10-11,22H2. The number of carbonyl (C=O) groups is 1. The molecule has 0 aliphatic carbocycles. The van der Waals surface area contributed by atoms with Crippen molar-refractivity contribution in [1.29, 1.82) is 0 Å². The van der Waals surface area contributed by atoms with Gasteiger partial charge in [0.25, 0.3) is 0 Å². The molecule has 0 fully saturated rings. The predicted octanol–water partition coefficient (Wildman–Crippen LogP) is 3.08. The topological polar surface area (TPSA) is 58.7 Å². The summed E-state index contributed by atoms with van der Waals surface area (Å²) >= 11 is 0. The van der Waals surface area contributed by atoms with Gasteiger partial charge in [-0.05, 0) is 18.2 Å². The molecule has 1 heterocycles. The highest BCUT2D eigenvalue weighted by Crippen LogP contribution is 2.22. The Labute approximate surface area is 144 Å². The fraction of sp³-hybridized carbons (Fsp3) is 0.158. The maximum absolute atomic E-state index is 13.6. The van der Waals surface area contributed by atoms with Gasteiger partial charge in [-0.2, -0.15) is 0 Å². The molecule has 0 spiro atoms. The third-order valence-corrected chi connectivity index (χ3v) is 4.03. The van der Waals surface area contributed by atoms with Crippen molar-refractivity contribution in [3.05, 3.63) is 76.5 Å². The third kappa shape index (κ3) is 3.91. The van der Waals surface area contributed by atoms with Crippen LogP contribution in [0.2, 0.25) is 0 Å². The van der Waals surface area contributed by atoms with Crippen molar-refractivity contribution < 1.29 is 13.6 Å². The van der Waals surface area contributed by atoms with Crippen molar-refractivity contribution in [2.24, 2.45) is 10.7 Å². The molecule has 128 valence electrons. The van der Waals surface area contributed by atoms with Crippen LogP contribution in [-0.4, -0.2) is 25.6 Å². The summed E-state index contributed by atoms with van der Waals surface area (Å²) < 4.78 is 26.5. The summed E-state index contributed by atoms with van der Waals surface area (Å²) in [6.07, 6.45) is 2.43. The van der Waals surface area contributed by atoms with Gasteiger partial charge in [-0.3, -0.25) is 9.79 Å². The van der Waals surface area contributed by atoms with E-state index in [-0.39, 0.29) is 6.54 Å². The molecule has 0 saturated heterocycles. The lowest BCUT2D eigenvalue weighted by Gasteiger charge is -2.18. The number of rotatable bonds is 5. The zero-order valence-electron chi connectivity index (χ0n) is 13.5. The summed E-state index contributed by atoms with van der Waals surface area (Å²) in [5.74, 6) is -1.22. The molecule has 1 aliphatic rings. The Morgan fingerprint density at radius 1 is 1.16 bits per heavy atom. The van der Waals surface area contributed by atoms with Crippen molar-refractivity contribution in [3.8, 4) is 0 Å². The van der Waals surface area contributed by atoms with Crippen LogP contribution in [0.3, 0.4) is 0 Å². The van der Waals surface area contributed by atoms with E-state index in [2.05, 4.69) is 4.99 Å². The highest BCUT2D eigenvalue weighted by atomic mass is 19.1. The van der Waals surface area contributed by atoms with Gasteiger partial charge in [-0.15, -0.1) is 0 Å². The monoisotopic (exact) mass is 341 g/mol. The molecule has 0 bridgehead atoms. The molecule has 0 radical (unpaired) electrons. The first kappa shape index (κ1) is 16.8. The van der Waals surface area contributed by atoms with Crippen LogP contribution in [0.15, 0.2) is 58.7 Å². The maximum atomic E-state index is 13.6. The van der Waals surface area contributed by atoms with Gasteiger partial charge in [-0.1, -0.05) is 18.2 Å². The predicted molar refractivity (Wildman–Crippen MR) is 93.8 cm³/mol. The van der Waals surface area contributed by atoms with Crippen LogP contribution in [0.1, 0.15) is 15.9 Å². The average Bonchev–Trinajstić information content (AvgIpc) is 2.98. The summed E-state index contributed by atoms with van der Waals surface area (Å²) in [5.41, 5.74) is 9.42. The van der Waals surface area contributed by atoms with E-state index >= 15 is 0 Å². The molecule has 0 aromatic heterocycles. The van der Waals surface area contributed by atoms with Gasteiger partial charge in [0.2, 0.25) is 0 Å². The maximum Gasteiger partial charge on any atom is 0.150 e. The highest BCUT2D eigenvalue weighted by Gasteiger charge is 2.19. The van der Waals surface area contributed by atoms with Crippen LogP contribution in [-0.2, 0) is 6.54 Å². The third-order valence-electron chi connectivity index (χ3n) is 4.03. The minimum absolute atomic E-state index is 0.115. The molecule has 0 saturated carbocycles. The Morgan fingerprint density at radius 2 is 2.00 bits per heavy atom. The zero-order valence-corrected chi connectivity index (χ0v) is 13.5. The number of aldehydes is 1. The molecule has 6 heteroatoms. The number of anilines is 1. The number of aliphatic imine (C=N–C) groups is 1. The number of hydrogen-bond donors (Lipinski definition) is 1. The molecule has 0 atom stereocenters. The van der Waals surface area contributed by atoms with Crippen molar-refractivity contribution in [3.63, 3.8) is 0 Å². The Hall–Kier alpha value is -3.02. The van der Waals surface area contributed by atoms with Gasteiger partial charge in [0.15, 0.2) is 0 Å². The lowest BCUT2D eigenvalue weighted by atomic mass is 10.2. The van der Waals surface area contributed by atoms with E-state index in [4.69, 9.17) is 5.73 Å². The van der Waals surface area contributed by atoms with Crippen LogP contribution in [0.25, 0.3) is 0 Å². The lowest BCUT2D eigenvalue weighted by Crippen LogP contribution is -2.21. The van der Waals surface area contributed by atoms with Crippen molar-refractivity contribution >= 4 is 18.2 Å². The van der Waals surface area contributed by atoms with E-state index in [1.54, 1.807) is 18.3 Å². The van der Waals surface area contributed by atoms with Crippen molar-refractivity contribution in [1.82, 2.24) is 0 Å². The van der Waals surface area contributed by atoms with E-state index in [9.17, 15) is 13.6 Å². The lowest BCUT2D eigenvalue weighted by molar-refractivity contribution is 0.112. The fourth-order valence-corrected chi connectivity index (χ4v) is 2.68. The van der Waals surface area contributed by atoms with Gasteiger partial charge >= 0.3 is 0 Å². The summed E-state index contributed by atoms with van der Waals surface area (Å²) in [7, 11) is 0. The molecule has 2 aromatic carbocycles. The zero-order chi connectivity index (χ0) is 17.8. The molecular weight excluding hydrogens is 324 g/mol. The number of hydrogen-bond acceptors (Lipinski definition) is 4. The van der Waals surface area contributed by atoms with Crippen LogP contribution < -0.4 is 10.6 Å². The molecule has 2 N–H and O–H groups in total. The second kappa shape index (κ2) is 7.25. The number of nitrogens with two attached hydrogens (primary N) is 1. The minimum atomic E-state index is -0.613. The van der Waals surface area contributed by atoms with E-state index in [1.165, 1.54) is 12.1 Å². The molecule has 25 heavy (non-hydrogen) atoms. The molecule has 3 rings (SSSR count). The first-order chi connectivity index (χ1) is 12.1. The number of nitrogens with zero attached hydrogens (tertiary/aromatic N) is 2. The van der Waals surface area contributed by atoms with Gasteiger partial charge in [0, 0.05) is 46.9 Å². The van der Waals surface area contributed by atoms with E-state index in [1.807, 2.05) is 17.0 Å². The van der Waals surface area contributed by atoms with Crippen LogP contribution in [0, 0.1) is 11.6 Å². The number of carbonyl (C=O) groups excluding carboxylic acids is 1. The van der Waals surface area contributed by atoms with Crippen LogP contribution >= 0.6 is 0 Å². The van der Waals surface area contributed by atoms with Gasteiger partial charge in [0.1, 0.15) is 17.9 Å². The second-order valence-electron chi connectivity index (χ2n) is 5.82. The Kier molecular flexibility index (Phi) is 4.88. The number of halogens is 2. The first-order valence-electron chi connectivity index (χ1n) is 7.78. The summed E-state index contributed by atoms with van der Waals surface area (Å²) in [5, 5.41) is 0. The fourth-order valence-electron chi connectivity index (χ4n) is 2.68. The molecule has 1 aliphatic heterocycles. The van der Waals surface area contributed by atoms with Crippen molar-refractivity contribution in [2.75, 3.05) is 18.0 Å². The Bertz CT molecular complexity index is 861. The summed E-state index contributed by atoms with van der Waals surface area (Å²) in [4.78, 5) is 17.1. The quantitative estimate of drug-likeness (QED) is 0.672. The van der Waals surface area contributed by atoms with E-state index in [0.717, 1.165) is 23.6 Å². The van der Waals surface area contributed by atoms with Crippen LogP contribution in [0.4, 0.5) is 14.5 Å².